The molecule has 3 aromatic carbocycles. The zero-order chi connectivity index (χ0) is 14.7. The Hall–Kier alpha value is -2.56. The van der Waals surface area contributed by atoms with Crippen molar-refractivity contribution in [3.05, 3.63) is 82.9 Å². The van der Waals surface area contributed by atoms with E-state index in [1.165, 1.54) is 0 Å². The fraction of sp³-hybridized carbons (Fsp3) is 0. The quantitative estimate of drug-likeness (QED) is 0.448. The van der Waals surface area contributed by atoms with Gasteiger partial charge in [0.25, 0.3) is 0 Å². The van der Waals surface area contributed by atoms with E-state index >= 15 is 0 Å². The van der Waals surface area contributed by atoms with E-state index in [0.717, 1.165) is 21.9 Å². The summed E-state index contributed by atoms with van der Waals surface area (Å²) in [5, 5.41) is 12.4. The Morgan fingerprint density at radius 2 is 1.71 bits per heavy atom. The Bertz CT molecular complexity index is 867. The monoisotopic (exact) mass is 289 g/mol. The fourth-order valence-corrected chi connectivity index (χ4v) is 2.56. The number of hydrogen-bond acceptors (Lipinski definition) is 1. The van der Waals surface area contributed by atoms with Crippen molar-refractivity contribution in [3.63, 3.8) is 0 Å². The third-order valence-electron chi connectivity index (χ3n) is 3.38. The first kappa shape index (κ1) is 13.4. The lowest BCUT2D eigenvalue weighted by Gasteiger charge is -2.04. The molecule has 1 nitrogen and oxygen atoms in total. The van der Waals surface area contributed by atoms with Crippen LogP contribution < -0.4 is 0 Å². The van der Waals surface area contributed by atoms with Gasteiger partial charge in [-0.1, -0.05) is 66.2 Å². The third kappa shape index (κ3) is 2.81. The van der Waals surface area contributed by atoms with Crippen LogP contribution in [0.4, 0.5) is 0 Å². The number of nitriles is 1. The topological polar surface area (TPSA) is 23.8 Å². The first-order valence-corrected chi connectivity index (χ1v) is 7.01. The second kappa shape index (κ2) is 5.83. The number of rotatable bonds is 2. The smallest absolute Gasteiger partial charge is 0.0998 e. The Morgan fingerprint density at radius 3 is 2.52 bits per heavy atom. The van der Waals surface area contributed by atoms with Crippen LogP contribution in [-0.2, 0) is 0 Å². The number of halogens is 1. The van der Waals surface area contributed by atoms with E-state index in [9.17, 15) is 5.26 Å². The molecule has 0 saturated heterocycles. The second-order valence-electron chi connectivity index (χ2n) is 4.75. The molecule has 3 aromatic rings. The van der Waals surface area contributed by atoms with Gasteiger partial charge in [-0.2, -0.15) is 5.26 Å². The van der Waals surface area contributed by atoms with Crippen LogP contribution in [0.3, 0.4) is 0 Å². The molecule has 21 heavy (non-hydrogen) atoms. The molecule has 0 aliphatic heterocycles. The van der Waals surface area contributed by atoms with Crippen LogP contribution in [0.25, 0.3) is 22.4 Å². The minimum atomic E-state index is 0.605. The van der Waals surface area contributed by atoms with Crippen LogP contribution in [0.5, 0.6) is 0 Å². The van der Waals surface area contributed by atoms with Gasteiger partial charge < -0.3 is 0 Å². The second-order valence-corrected chi connectivity index (χ2v) is 5.18. The Morgan fingerprint density at radius 1 is 0.952 bits per heavy atom. The van der Waals surface area contributed by atoms with Gasteiger partial charge in [0.05, 0.1) is 11.6 Å². The van der Waals surface area contributed by atoms with Crippen molar-refractivity contribution in [2.75, 3.05) is 0 Å². The highest BCUT2D eigenvalue weighted by molar-refractivity contribution is 6.30. The molecule has 0 saturated carbocycles. The van der Waals surface area contributed by atoms with E-state index in [0.29, 0.717) is 10.6 Å². The van der Waals surface area contributed by atoms with E-state index < -0.39 is 0 Å². The number of benzene rings is 3. The molecule has 100 valence electrons. The van der Waals surface area contributed by atoms with Crippen molar-refractivity contribution in [1.29, 1.82) is 5.26 Å². The van der Waals surface area contributed by atoms with Gasteiger partial charge in [-0.15, -0.1) is 0 Å². The van der Waals surface area contributed by atoms with Crippen LogP contribution in [0.15, 0.2) is 66.7 Å². The van der Waals surface area contributed by atoms with E-state index in [2.05, 4.69) is 24.3 Å². The van der Waals surface area contributed by atoms with Crippen molar-refractivity contribution in [2.45, 2.75) is 0 Å². The van der Waals surface area contributed by atoms with Crippen molar-refractivity contribution in [1.82, 2.24) is 0 Å². The summed E-state index contributed by atoms with van der Waals surface area (Å²) in [5.74, 6) is 0. The van der Waals surface area contributed by atoms with E-state index in [1.807, 2.05) is 48.5 Å². The molecule has 0 aromatic heterocycles. The maximum atomic E-state index is 9.44. The highest BCUT2D eigenvalue weighted by atomic mass is 35.5. The Labute approximate surface area is 128 Å². The third-order valence-corrected chi connectivity index (χ3v) is 3.61. The summed E-state index contributed by atoms with van der Waals surface area (Å²) in [5.41, 5.74) is 2.47. The zero-order valence-electron chi connectivity index (χ0n) is 11.3. The fourth-order valence-electron chi connectivity index (χ4n) is 2.37. The van der Waals surface area contributed by atoms with Gasteiger partial charge >= 0.3 is 0 Å². The molecule has 0 radical (unpaired) electrons. The number of hydrogen-bond donors (Lipinski definition) is 0. The van der Waals surface area contributed by atoms with Gasteiger partial charge in [-0.25, -0.2) is 0 Å². The average molecular weight is 290 g/mol. The average Bonchev–Trinajstić information content (AvgIpc) is 2.52. The van der Waals surface area contributed by atoms with Crippen LogP contribution in [-0.4, -0.2) is 0 Å². The van der Waals surface area contributed by atoms with E-state index in [4.69, 9.17) is 11.6 Å². The number of nitrogens with zero attached hydrogens (tertiary/aromatic N) is 1. The minimum Gasteiger partial charge on any atom is -0.192 e. The number of fused-ring (bicyclic) bond motifs is 1. The SMILES string of the molecule is N#CC(=Cc1cccc2ccccc12)c1cccc(Cl)c1. The van der Waals surface area contributed by atoms with Gasteiger partial charge in [-0.05, 0) is 40.1 Å². The molecule has 0 amide bonds. The van der Waals surface area contributed by atoms with E-state index in [1.54, 1.807) is 6.07 Å². The molecule has 0 spiro atoms. The van der Waals surface area contributed by atoms with Crippen LogP contribution in [0, 0.1) is 11.3 Å². The molecule has 0 atom stereocenters. The summed E-state index contributed by atoms with van der Waals surface area (Å²) in [4.78, 5) is 0. The molecule has 0 heterocycles. The van der Waals surface area contributed by atoms with Gasteiger partial charge in [0.1, 0.15) is 0 Å². The van der Waals surface area contributed by atoms with Gasteiger partial charge in [-0.3, -0.25) is 0 Å². The summed E-state index contributed by atoms with van der Waals surface area (Å²) in [7, 11) is 0. The maximum Gasteiger partial charge on any atom is 0.0998 e. The minimum absolute atomic E-state index is 0.605. The first-order valence-electron chi connectivity index (χ1n) is 6.63. The molecule has 0 fully saturated rings. The van der Waals surface area contributed by atoms with Crippen LogP contribution >= 0.6 is 11.6 Å². The summed E-state index contributed by atoms with van der Waals surface area (Å²) >= 11 is 6.01. The lowest BCUT2D eigenvalue weighted by atomic mass is 10.00. The summed E-state index contributed by atoms with van der Waals surface area (Å²) < 4.78 is 0. The van der Waals surface area contributed by atoms with Gasteiger partial charge in [0.2, 0.25) is 0 Å². The van der Waals surface area contributed by atoms with Gasteiger partial charge in [0, 0.05) is 5.02 Å². The normalized spacial score (nSPS) is 11.3. The Balaban J connectivity index is 2.16. The molecule has 3 rings (SSSR count). The molecule has 0 aliphatic rings. The molecular formula is C19H12ClN. The summed E-state index contributed by atoms with van der Waals surface area (Å²) in [6.07, 6.45) is 1.91. The molecule has 0 N–H and O–H groups in total. The van der Waals surface area contributed by atoms with Crippen LogP contribution in [0.1, 0.15) is 11.1 Å². The predicted molar refractivity (Wildman–Crippen MR) is 88.9 cm³/mol. The largest absolute Gasteiger partial charge is 0.192 e. The summed E-state index contributed by atoms with van der Waals surface area (Å²) in [6.45, 7) is 0. The van der Waals surface area contributed by atoms with Gasteiger partial charge in [0.15, 0.2) is 0 Å². The lowest BCUT2D eigenvalue weighted by Crippen LogP contribution is -1.83. The molecular weight excluding hydrogens is 278 g/mol. The molecule has 0 aliphatic carbocycles. The predicted octanol–water partition coefficient (Wildman–Crippen LogP) is 5.56. The van der Waals surface area contributed by atoms with Crippen molar-refractivity contribution in [2.24, 2.45) is 0 Å². The lowest BCUT2D eigenvalue weighted by molar-refractivity contribution is 1.52. The molecule has 2 heteroatoms. The summed E-state index contributed by atoms with van der Waals surface area (Å²) in [6, 6.07) is 23.9. The van der Waals surface area contributed by atoms with Crippen LogP contribution in [0.2, 0.25) is 5.02 Å². The maximum absolute atomic E-state index is 9.44. The van der Waals surface area contributed by atoms with Crippen molar-refractivity contribution < 1.29 is 0 Å². The molecule has 0 bridgehead atoms. The van der Waals surface area contributed by atoms with Crippen molar-refractivity contribution in [3.8, 4) is 6.07 Å². The van der Waals surface area contributed by atoms with Crippen molar-refractivity contribution >= 4 is 34.0 Å². The molecule has 0 unspecified atom stereocenters. The number of allylic oxidation sites excluding steroid dienone is 1. The highest BCUT2D eigenvalue weighted by Crippen LogP contribution is 2.25. The standard InChI is InChI=1S/C19H12ClN/c20-18-9-4-7-15(12-18)17(13-21)11-16-8-3-6-14-5-1-2-10-19(14)16/h1-12H. The highest BCUT2D eigenvalue weighted by Gasteiger charge is 2.04. The zero-order valence-corrected chi connectivity index (χ0v) is 12.0. The van der Waals surface area contributed by atoms with E-state index in [-0.39, 0.29) is 0 Å². The Kier molecular flexibility index (Phi) is 3.73. The first-order chi connectivity index (χ1) is 10.3.